The lowest BCUT2D eigenvalue weighted by Crippen LogP contribution is -2.13. The monoisotopic (exact) mass is 392 g/mol. The summed E-state index contributed by atoms with van der Waals surface area (Å²) >= 11 is 0. The molecular formula is C22H24N4O3. The average Bonchev–Trinajstić information content (AvgIpc) is 3.08. The molecular weight excluding hydrogens is 368 g/mol. The van der Waals surface area contributed by atoms with Gasteiger partial charge in [0.1, 0.15) is 22.9 Å². The minimum Gasteiger partial charge on any atom is -0.494 e. The number of fused-ring (bicyclic) bond motifs is 2. The van der Waals surface area contributed by atoms with Crippen molar-refractivity contribution >= 4 is 22.4 Å². The van der Waals surface area contributed by atoms with E-state index in [9.17, 15) is 4.79 Å². The third-order valence-electron chi connectivity index (χ3n) is 4.83. The molecule has 0 atom stereocenters. The first-order valence-corrected chi connectivity index (χ1v) is 9.63. The Bertz CT molecular complexity index is 1230. The van der Waals surface area contributed by atoms with Crippen molar-refractivity contribution in [2.45, 2.75) is 13.8 Å². The molecule has 0 bridgehead atoms. The largest absolute Gasteiger partial charge is 0.494 e. The van der Waals surface area contributed by atoms with Gasteiger partial charge in [-0.3, -0.25) is 9.20 Å². The molecule has 0 fully saturated rings. The third-order valence-corrected chi connectivity index (χ3v) is 4.83. The molecule has 0 saturated heterocycles. The van der Waals surface area contributed by atoms with Gasteiger partial charge in [-0.05, 0) is 49.7 Å². The summed E-state index contributed by atoms with van der Waals surface area (Å²) in [6.45, 7) is 5.68. The molecule has 4 aromatic rings. The van der Waals surface area contributed by atoms with Crippen LogP contribution in [0.1, 0.15) is 12.5 Å². The zero-order valence-corrected chi connectivity index (χ0v) is 16.8. The summed E-state index contributed by atoms with van der Waals surface area (Å²) in [4.78, 5) is 20.7. The summed E-state index contributed by atoms with van der Waals surface area (Å²) in [6.07, 6.45) is 1.94. The summed E-state index contributed by atoms with van der Waals surface area (Å²) < 4.78 is 12.7. The number of pyridine rings is 2. The van der Waals surface area contributed by atoms with Crippen LogP contribution in [0.2, 0.25) is 0 Å². The molecule has 0 spiro atoms. The van der Waals surface area contributed by atoms with Crippen molar-refractivity contribution < 1.29 is 9.47 Å². The number of imidazole rings is 1. The van der Waals surface area contributed by atoms with E-state index in [0.717, 1.165) is 33.7 Å². The van der Waals surface area contributed by atoms with Gasteiger partial charge in [-0.15, -0.1) is 0 Å². The molecule has 150 valence electrons. The van der Waals surface area contributed by atoms with Crippen molar-refractivity contribution in [3.63, 3.8) is 0 Å². The predicted molar refractivity (Wildman–Crippen MR) is 115 cm³/mol. The summed E-state index contributed by atoms with van der Waals surface area (Å²) in [7, 11) is 1.66. The molecule has 1 aromatic carbocycles. The average molecular weight is 392 g/mol. The Labute approximate surface area is 168 Å². The highest BCUT2D eigenvalue weighted by atomic mass is 16.5. The lowest BCUT2D eigenvalue weighted by Gasteiger charge is -2.09. The number of H-pyrrole nitrogens is 1. The predicted octanol–water partition coefficient (Wildman–Crippen LogP) is 3.61. The maximum atomic E-state index is 12.9. The summed E-state index contributed by atoms with van der Waals surface area (Å²) in [6, 6.07) is 11.5. The van der Waals surface area contributed by atoms with Crippen LogP contribution in [0, 0.1) is 6.92 Å². The molecule has 0 unspecified atom stereocenters. The number of hydrogen-bond acceptors (Lipinski definition) is 5. The van der Waals surface area contributed by atoms with Crippen molar-refractivity contribution in [3.8, 4) is 17.0 Å². The molecule has 0 saturated carbocycles. The smallest absolute Gasteiger partial charge is 0.258 e. The first-order chi connectivity index (χ1) is 14.1. The number of methoxy groups -OCH3 is 1. The Morgan fingerprint density at radius 2 is 2.10 bits per heavy atom. The Morgan fingerprint density at radius 3 is 2.90 bits per heavy atom. The Balaban J connectivity index is 1.91. The second-order valence-electron chi connectivity index (χ2n) is 6.81. The van der Waals surface area contributed by atoms with E-state index >= 15 is 0 Å². The van der Waals surface area contributed by atoms with Gasteiger partial charge in [0, 0.05) is 30.8 Å². The van der Waals surface area contributed by atoms with Gasteiger partial charge in [0.25, 0.3) is 5.56 Å². The van der Waals surface area contributed by atoms with Crippen LogP contribution >= 0.6 is 0 Å². The Kier molecular flexibility index (Phi) is 5.22. The highest BCUT2D eigenvalue weighted by Gasteiger charge is 2.18. The highest BCUT2D eigenvalue weighted by molar-refractivity contribution is 5.87. The number of benzene rings is 1. The quantitative estimate of drug-likeness (QED) is 0.470. The van der Waals surface area contributed by atoms with Crippen LogP contribution in [0.4, 0.5) is 5.82 Å². The van der Waals surface area contributed by atoms with Crippen LogP contribution in [-0.2, 0) is 4.74 Å². The van der Waals surface area contributed by atoms with E-state index in [1.165, 1.54) is 0 Å². The summed E-state index contributed by atoms with van der Waals surface area (Å²) in [5.41, 5.74) is 3.54. The summed E-state index contributed by atoms with van der Waals surface area (Å²) in [5, 5.41) is 4.26. The molecule has 0 aliphatic heterocycles. The standard InChI is InChI=1S/C22H24N4O3/c1-4-29-16-7-8-18-15(12-16)13-17(22(27)24-18)19-21(23-9-11-28-3)26-10-5-6-14(2)20(26)25-19/h5-8,10,12-13,23H,4,9,11H2,1-3H3,(H,24,27). The van der Waals surface area contributed by atoms with Crippen LogP contribution in [-0.4, -0.2) is 41.2 Å². The maximum Gasteiger partial charge on any atom is 0.258 e. The van der Waals surface area contributed by atoms with Gasteiger partial charge in [0.15, 0.2) is 0 Å². The second kappa shape index (κ2) is 7.97. The number of anilines is 1. The molecule has 2 N–H and O–H groups in total. The van der Waals surface area contributed by atoms with Crippen molar-refractivity contribution in [1.29, 1.82) is 0 Å². The van der Waals surface area contributed by atoms with Crippen LogP contribution in [0.15, 0.2) is 47.4 Å². The number of ether oxygens (including phenoxy) is 2. The number of rotatable bonds is 7. The van der Waals surface area contributed by atoms with Gasteiger partial charge in [0.05, 0.1) is 18.8 Å². The van der Waals surface area contributed by atoms with E-state index < -0.39 is 0 Å². The normalized spacial score (nSPS) is 11.3. The van der Waals surface area contributed by atoms with Gasteiger partial charge in [0.2, 0.25) is 0 Å². The zero-order chi connectivity index (χ0) is 20.4. The fourth-order valence-electron chi connectivity index (χ4n) is 3.45. The number of aromatic nitrogens is 3. The van der Waals surface area contributed by atoms with Gasteiger partial charge in [-0.25, -0.2) is 4.98 Å². The van der Waals surface area contributed by atoms with Crippen LogP contribution in [0.5, 0.6) is 5.75 Å². The van der Waals surface area contributed by atoms with Crippen LogP contribution < -0.4 is 15.6 Å². The molecule has 3 heterocycles. The molecule has 0 aliphatic rings. The molecule has 29 heavy (non-hydrogen) atoms. The minimum absolute atomic E-state index is 0.183. The number of nitrogens with zero attached hydrogens (tertiary/aromatic N) is 2. The van der Waals surface area contributed by atoms with Crippen molar-refractivity contribution in [2.24, 2.45) is 0 Å². The third kappa shape index (κ3) is 3.56. The van der Waals surface area contributed by atoms with E-state index in [0.29, 0.717) is 31.0 Å². The van der Waals surface area contributed by atoms with E-state index in [1.54, 1.807) is 7.11 Å². The van der Waals surface area contributed by atoms with Gasteiger partial charge >= 0.3 is 0 Å². The van der Waals surface area contributed by atoms with Crippen molar-refractivity contribution in [1.82, 2.24) is 14.4 Å². The SMILES string of the molecule is CCOc1ccc2[nH]c(=O)c(-c3nc4c(C)cccn4c3NCCOC)cc2c1. The Hall–Kier alpha value is -3.32. The van der Waals surface area contributed by atoms with E-state index in [4.69, 9.17) is 14.5 Å². The van der Waals surface area contributed by atoms with Crippen LogP contribution in [0.3, 0.4) is 0 Å². The lowest BCUT2D eigenvalue weighted by atomic mass is 10.1. The lowest BCUT2D eigenvalue weighted by molar-refractivity contribution is 0.210. The molecule has 0 aliphatic carbocycles. The fourth-order valence-corrected chi connectivity index (χ4v) is 3.45. The van der Waals surface area contributed by atoms with E-state index in [1.807, 2.05) is 60.8 Å². The minimum atomic E-state index is -0.183. The molecule has 4 rings (SSSR count). The molecule has 3 aromatic heterocycles. The van der Waals surface area contributed by atoms with Crippen molar-refractivity contribution in [3.05, 3.63) is 58.5 Å². The number of aromatic amines is 1. The highest BCUT2D eigenvalue weighted by Crippen LogP contribution is 2.30. The van der Waals surface area contributed by atoms with Crippen molar-refractivity contribution in [2.75, 3.05) is 32.2 Å². The number of nitrogens with one attached hydrogen (secondary N) is 2. The Morgan fingerprint density at radius 1 is 1.24 bits per heavy atom. The summed E-state index contributed by atoms with van der Waals surface area (Å²) in [5.74, 6) is 1.54. The first-order valence-electron chi connectivity index (χ1n) is 9.63. The molecule has 0 radical (unpaired) electrons. The molecule has 7 heteroatoms. The second-order valence-corrected chi connectivity index (χ2v) is 6.81. The van der Waals surface area contributed by atoms with Gasteiger partial charge in [-0.2, -0.15) is 0 Å². The topological polar surface area (TPSA) is 80.7 Å². The zero-order valence-electron chi connectivity index (χ0n) is 16.8. The maximum absolute atomic E-state index is 12.9. The fraction of sp³-hybridized carbons (Fsp3) is 0.273. The van der Waals surface area contributed by atoms with Gasteiger partial charge < -0.3 is 19.8 Å². The van der Waals surface area contributed by atoms with Crippen LogP contribution in [0.25, 0.3) is 27.8 Å². The number of aryl methyl sites for hydroxylation is 1. The molecule has 7 nitrogen and oxygen atoms in total. The molecule has 0 amide bonds. The van der Waals surface area contributed by atoms with Gasteiger partial charge in [-0.1, -0.05) is 6.07 Å². The number of hydrogen-bond donors (Lipinski definition) is 2. The van der Waals surface area contributed by atoms with E-state index in [-0.39, 0.29) is 5.56 Å². The van der Waals surface area contributed by atoms with E-state index in [2.05, 4.69) is 10.3 Å². The first kappa shape index (κ1) is 19.0.